The quantitative estimate of drug-likeness (QED) is 0.704. The molecule has 0 unspecified atom stereocenters. The van der Waals surface area contributed by atoms with Crippen molar-refractivity contribution >= 4 is 0 Å². The number of furan rings is 1. The molecule has 1 rings (SSSR count). The molecule has 0 radical (unpaired) electrons. The zero-order valence-electron chi connectivity index (χ0n) is 11.3. The maximum Gasteiger partial charge on any atom is 0.118 e. The largest absolute Gasteiger partial charge is 0.463 e. The van der Waals surface area contributed by atoms with Crippen molar-refractivity contribution in [3.63, 3.8) is 0 Å². The second kappa shape index (κ2) is 7.30. The molecule has 3 nitrogen and oxygen atoms in total. The van der Waals surface area contributed by atoms with Crippen LogP contribution in [0.2, 0.25) is 0 Å². The first-order chi connectivity index (χ1) is 8.15. The van der Waals surface area contributed by atoms with Crippen LogP contribution < -0.4 is 5.32 Å². The maximum absolute atomic E-state index is 5.77. The van der Waals surface area contributed by atoms with Gasteiger partial charge in [0.1, 0.15) is 11.5 Å². The molecule has 0 aliphatic heterocycles. The molecule has 3 heteroatoms. The number of nitrogens with zero attached hydrogens (tertiary/aromatic N) is 1. The van der Waals surface area contributed by atoms with E-state index >= 15 is 0 Å². The van der Waals surface area contributed by atoms with E-state index in [9.17, 15) is 0 Å². The summed E-state index contributed by atoms with van der Waals surface area (Å²) in [5.74, 6) is 2.04. The Labute approximate surface area is 104 Å². The van der Waals surface area contributed by atoms with Gasteiger partial charge in [0.15, 0.2) is 0 Å². The predicted molar refractivity (Wildman–Crippen MR) is 71.9 cm³/mol. The van der Waals surface area contributed by atoms with Crippen LogP contribution in [0, 0.1) is 0 Å². The molecular weight excluding hydrogens is 212 g/mol. The van der Waals surface area contributed by atoms with Crippen LogP contribution in [-0.2, 0) is 13.1 Å². The van der Waals surface area contributed by atoms with Gasteiger partial charge in [-0.1, -0.05) is 26.0 Å². The Morgan fingerprint density at radius 3 is 2.65 bits per heavy atom. The molecular formula is C14H24N2O. The van der Waals surface area contributed by atoms with Crippen LogP contribution in [0.15, 0.2) is 28.7 Å². The number of nitrogens with one attached hydrogen (secondary N) is 1. The number of hydrogen-bond acceptors (Lipinski definition) is 3. The van der Waals surface area contributed by atoms with Gasteiger partial charge in [-0.05, 0) is 32.1 Å². The van der Waals surface area contributed by atoms with Crippen LogP contribution in [0.4, 0.5) is 0 Å². The van der Waals surface area contributed by atoms with E-state index in [1.165, 1.54) is 5.57 Å². The summed E-state index contributed by atoms with van der Waals surface area (Å²) in [5, 5.41) is 3.26. The zero-order chi connectivity index (χ0) is 12.7. The summed E-state index contributed by atoms with van der Waals surface area (Å²) < 4.78 is 5.77. The van der Waals surface area contributed by atoms with Crippen molar-refractivity contribution in [2.75, 3.05) is 19.6 Å². The number of rotatable bonds is 8. The highest BCUT2D eigenvalue weighted by atomic mass is 16.3. The standard InChI is InChI=1S/C14H24N2O/c1-5-15-9-13-7-8-14(17-13)11-16(6-2)10-12(3)4/h7-8,15H,3,5-6,9-11H2,1-2,4H3. The third-order valence-corrected chi connectivity index (χ3v) is 2.59. The van der Waals surface area contributed by atoms with E-state index in [4.69, 9.17) is 4.42 Å². The average Bonchev–Trinajstić information content (AvgIpc) is 2.72. The van der Waals surface area contributed by atoms with Crippen LogP contribution >= 0.6 is 0 Å². The average molecular weight is 236 g/mol. The Kier molecular flexibility index (Phi) is 6.01. The molecule has 0 fully saturated rings. The molecule has 0 amide bonds. The molecule has 1 heterocycles. The monoisotopic (exact) mass is 236 g/mol. The van der Waals surface area contributed by atoms with Gasteiger partial charge in [-0.25, -0.2) is 0 Å². The number of likely N-dealkylation sites (N-methyl/N-ethyl adjacent to an activating group) is 1. The lowest BCUT2D eigenvalue weighted by Crippen LogP contribution is -2.24. The van der Waals surface area contributed by atoms with E-state index < -0.39 is 0 Å². The van der Waals surface area contributed by atoms with Crippen LogP contribution in [0.5, 0.6) is 0 Å². The first kappa shape index (κ1) is 14.0. The van der Waals surface area contributed by atoms with Crippen molar-refractivity contribution in [1.82, 2.24) is 10.2 Å². The first-order valence-electron chi connectivity index (χ1n) is 6.30. The van der Waals surface area contributed by atoms with Gasteiger partial charge in [-0.3, -0.25) is 4.90 Å². The summed E-state index contributed by atoms with van der Waals surface area (Å²) in [6.07, 6.45) is 0. The van der Waals surface area contributed by atoms with E-state index in [1.807, 2.05) is 6.07 Å². The topological polar surface area (TPSA) is 28.4 Å². The summed E-state index contributed by atoms with van der Waals surface area (Å²) in [7, 11) is 0. The molecule has 0 aromatic carbocycles. The van der Waals surface area contributed by atoms with Gasteiger partial charge in [0, 0.05) is 6.54 Å². The lowest BCUT2D eigenvalue weighted by atomic mass is 10.3. The molecule has 1 aromatic rings. The molecule has 0 saturated heterocycles. The molecule has 1 aromatic heterocycles. The maximum atomic E-state index is 5.77. The van der Waals surface area contributed by atoms with Gasteiger partial charge in [0.05, 0.1) is 13.1 Å². The van der Waals surface area contributed by atoms with Crippen LogP contribution in [-0.4, -0.2) is 24.5 Å². The summed E-state index contributed by atoms with van der Waals surface area (Å²) in [6, 6.07) is 4.11. The van der Waals surface area contributed by atoms with E-state index in [2.05, 4.69) is 43.6 Å². The second-order valence-corrected chi connectivity index (χ2v) is 4.41. The van der Waals surface area contributed by atoms with E-state index in [-0.39, 0.29) is 0 Å². The van der Waals surface area contributed by atoms with Crippen LogP contribution in [0.1, 0.15) is 32.3 Å². The molecule has 0 spiro atoms. The summed E-state index contributed by atoms with van der Waals surface area (Å²) in [5.41, 5.74) is 1.19. The molecule has 96 valence electrons. The lowest BCUT2D eigenvalue weighted by Gasteiger charge is -2.18. The fraction of sp³-hybridized carbons (Fsp3) is 0.571. The van der Waals surface area contributed by atoms with Crippen LogP contribution in [0.25, 0.3) is 0 Å². The Morgan fingerprint density at radius 2 is 2.06 bits per heavy atom. The lowest BCUT2D eigenvalue weighted by molar-refractivity contribution is 0.272. The Morgan fingerprint density at radius 1 is 1.35 bits per heavy atom. The van der Waals surface area contributed by atoms with Crippen LogP contribution in [0.3, 0.4) is 0 Å². The Hall–Kier alpha value is -1.06. The van der Waals surface area contributed by atoms with Gasteiger partial charge >= 0.3 is 0 Å². The van der Waals surface area contributed by atoms with E-state index in [1.54, 1.807) is 0 Å². The highest BCUT2D eigenvalue weighted by molar-refractivity contribution is 5.07. The molecule has 0 saturated carbocycles. The zero-order valence-corrected chi connectivity index (χ0v) is 11.3. The molecule has 0 aliphatic rings. The summed E-state index contributed by atoms with van der Waals surface area (Å²) >= 11 is 0. The normalized spacial score (nSPS) is 11.1. The predicted octanol–water partition coefficient (Wildman–Crippen LogP) is 2.79. The highest BCUT2D eigenvalue weighted by Crippen LogP contribution is 2.11. The summed E-state index contributed by atoms with van der Waals surface area (Å²) in [6.45, 7) is 14.8. The number of hydrogen-bond donors (Lipinski definition) is 1. The van der Waals surface area contributed by atoms with Crippen molar-refractivity contribution in [3.05, 3.63) is 35.8 Å². The Balaban J connectivity index is 2.48. The van der Waals surface area contributed by atoms with Crippen molar-refractivity contribution in [3.8, 4) is 0 Å². The highest BCUT2D eigenvalue weighted by Gasteiger charge is 2.07. The van der Waals surface area contributed by atoms with E-state index in [0.717, 1.165) is 44.2 Å². The SMILES string of the molecule is C=C(C)CN(CC)Cc1ccc(CNCC)o1. The van der Waals surface area contributed by atoms with Gasteiger partial charge < -0.3 is 9.73 Å². The fourth-order valence-corrected chi connectivity index (χ4v) is 1.73. The molecule has 0 bridgehead atoms. The van der Waals surface area contributed by atoms with Crippen molar-refractivity contribution in [1.29, 1.82) is 0 Å². The molecule has 0 atom stereocenters. The van der Waals surface area contributed by atoms with Gasteiger partial charge in [0.2, 0.25) is 0 Å². The second-order valence-electron chi connectivity index (χ2n) is 4.41. The first-order valence-corrected chi connectivity index (χ1v) is 6.30. The fourth-order valence-electron chi connectivity index (χ4n) is 1.73. The van der Waals surface area contributed by atoms with Gasteiger partial charge in [-0.15, -0.1) is 0 Å². The van der Waals surface area contributed by atoms with Crippen molar-refractivity contribution in [2.24, 2.45) is 0 Å². The van der Waals surface area contributed by atoms with Gasteiger partial charge in [-0.2, -0.15) is 0 Å². The third-order valence-electron chi connectivity index (χ3n) is 2.59. The third kappa shape index (κ3) is 5.20. The van der Waals surface area contributed by atoms with E-state index in [0.29, 0.717) is 0 Å². The molecule has 17 heavy (non-hydrogen) atoms. The smallest absolute Gasteiger partial charge is 0.118 e. The van der Waals surface area contributed by atoms with Crippen molar-refractivity contribution in [2.45, 2.75) is 33.9 Å². The Bertz CT molecular complexity index is 344. The molecule has 1 N–H and O–H groups in total. The minimum absolute atomic E-state index is 0.809. The minimum Gasteiger partial charge on any atom is -0.463 e. The summed E-state index contributed by atoms with van der Waals surface area (Å²) in [4.78, 5) is 2.32. The minimum atomic E-state index is 0.809. The van der Waals surface area contributed by atoms with Gasteiger partial charge in [0.25, 0.3) is 0 Å². The molecule has 0 aliphatic carbocycles. The van der Waals surface area contributed by atoms with Crippen molar-refractivity contribution < 1.29 is 4.42 Å².